The summed E-state index contributed by atoms with van der Waals surface area (Å²) in [4.78, 5) is 6.88. The number of piperidine rings is 1. The van der Waals surface area contributed by atoms with Crippen molar-refractivity contribution in [1.82, 2.24) is 30.1 Å². The van der Waals surface area contributed by atoms with Gasteiger partial charge in [0, 0.05) is 26.3 Å². The maximum atomic E-state index is 4.31. The average Bonchev–Trinajstić information content (AvgIpc) is 3.20. The molecule has 0 spiro atoms. The van der Waals surface area contributed by atoms with Gasteiger partial charge >= 0.3 is 0 Å². The number of fused-ring (bicyclic) bond motifs is 1. The Morgan fingerprint density at radius 1 is 1.00 bits per heavy atom. The van der Waals surface area contributed by atoms with Crippen LogP contribution in [0.5, 0.6) is 0 Å². The molecule has 4 rings (SSSR count). The normalized spacial score (nSPS) is 16.1. The molecular formula is C23H31N7. The van der Waals surface area contributed by atoms with Crippen LogP contribution < -0.4 is 10.6 Å². The monoisotopic (exact) mass is 405 g/mol. The highest BCUT2D eigenvalue weighted by atomic mass is 15.3. The highest BCUT2D eigenvalue weighted by Crippen LogP contribution is 2.18. The third kappa shape index (κ3) is 5.16. The van der Waals surface area contributed by atoms with E-state index in [1.165, 1.54) is 37.1 Å². The Balaban J connectivity index is 1.25. The van der Waals surface area contributed by atoms with Gasteiger partial charge in [0.2, 0.25) is 0 Å². The summed E-state index contributed by atoms with van der Waals surface area (Å²) in [7, 11) is 1.78. The summed E-state index contributed by atoms with van der Waals surface area (Å²) in [5, 5.41) is 15.1. The van der Waals surface area contributed by atoms with Crippen LogP contribution in [0.3, 0.4) is 0 Å². The van der Waals surface area contributed by atoms with Gasteiger partial charge in [-0.05, 0) is 55.1 Å². The van der Waals surface area contributed by atoms with Crippen molar-refractivity contribution < 1.29 is 0 Å². The minimum absolute atomic E-state index is 0.554. The topological polar surface area (TPSA) is 69.8 Å². The van der Waals surface area contributed by atoms with Gasteiger partial charge in [-0.2, -0.15) is 0 Å². The van der Waals surface area contributed by atoms with Crippen molar-refractivity contribution >= 4 is 11.6 Å². The Labute approximate surface area is 178 Å². The summed E-state index contributed by atoms with van der Waals surface area (Å²) in [6, 6.07) is 14.8. The molecule has 7 nitrogen and oxygen atoms in total. The minimum atomic E-state index is 0.554. The van der Waals surface area contributed by atoms with Gasteiger partial charge in [0.1, 0.15) is 0 Å². The summed E-state index contributed by atoms with van der Waals surface area (Å²) < 4.78 is 1.97. The molecule has 0 atom stereocenters. The van der Waals surface area contributed by atoms with Crippen LogP contribution >= 0.6 is 0 Å². The molecule has 2 aromatic heterocycles. The van der Waals surface area contributed by atoms with E-state index >= 15 is 0 Å². The molecule has 0 unspecified atom stereocenters. The van der Waals surface area contributed by atoms with Crippen molar-refractivity contribution in [2.45, 2.75) is 39.4 Å². The molecule has 3 aromatic rings. The van der Waals surface area contributed by atoms with Gasteiger partial charge in [-0.1, -0.05) is 37.3 Å². The number of pyridine rings is 1. The predicted octanol–water partition coefficient (Wildman–Crippen LogP) is 2.83. The number of nitrogens with zero attached hydrogens (tertiary/aromatic N) is 5. The molecule has 1 aliphatic rings. The number of aliphatic imine (C=N–C) groups is 1. The number of likely N-dealkylation sites (tertiary alicyclic amines) is 1. The lowest BCUT2D eigenvalue weighted by atomic mass is 9.99. The van der Waals surface area contributed by atoms with E-state index in [9.17, 15) is 0 Å². The molecular weight excluding hydrogens is 374 g/mol. The van der Waals surface area contributed by atoms with Crippen molar-refractivity contribution in [3.05, 3.63) is 65.6 Å². The van der Waals surface area contributed by atoms with E-state index in [1.54, 1.807) is 7.05 Å². The van der Waals surface area contributed by atoms with Crippen LogP contribution in [0, 0.1) is 5.92 Å². The third-order valence-corrected chi connectivity index (χ3v) is 5.79. The molecule has 3 heterocycles. The lowest BCUT2D eigenvalue weighted by Crippen LogP contribution is -2.36. The van der Waals surface area contributed by atoms with E-state index in [4.69, 9.17) is 0 Å². The molecule has 0 aliphatic carbocycles. The second-order valence-electron chi connectivity index (χ2n) is 8.10. The van der Waals surface area contributed by atoms with Gasteiger partial charge in [0.05, 0.1) is 6.54 Å². The van der Waals surface area contributed by atoms with Gasteiger partial charge in [-0.25, -0.2) is 0 Å². The zero-order chi connectivity index (χ0) is 20.8. The Morgan fingerprint density at radius 2 is 1.73 bits per heavy atom. The van der Waals surface area contributed by atoms with E-state index in [2.05, 4.69) is 61.9 Å². The van der Waals surface area contributed by atoms with Crippen LogP contribution in [0.4, 0.5) is 0 Å². The molecule has 7 heteroatoms. The summed E-state index contributed by atoms with van der Waals surface area (Å²) >= 11 is 0. The molecule has 2 N–H and O–H groups in total. The fourth-order valence-corrected chi connectivity index (χ4v) is 3.82. The lowest BCUT2D eigenvalue weighted by Gasteiger charge is -2.30. The number of nitrogens with one attached hydrogen (secondary N) is 2. The summed E-state index contributed by atoms with van der Waals surface area (Å²) in [5.74, 6) is 2.47. The van der Waals surface area contributed by atoms with Crippen LogP contribution in [0.15, 0.2) is 53.7 Å². The van der Waals surface area contributed by atoms with Gasteiger partial charge < -0.3 is 10.6 Å². The fourth-order valence-electron chi connectivity index (χ4n) is 3.82. The highest BCUT2D eigenvalue weighted by Gasteiger charge is 2.15. The van der Waals surface area contributed by atoms with Crippen LogP contribution in [-0.4, -0.2) is 45.6 Å². The van der Waals surface area contributed by atoms with Crippen LogP contribution in [-0.2, 0) is 19.6 Å². The first-order valence-corrected chi connectivity index (χ1v) is 10.7. The van der Waals surface area contributed by atoms with Gasteiger partial charge in [0.15, 0.2) is 17.4 Å². The van der Waals surface area contributed by atoms with Crippen LogP contribution in [0.25, 0.3) is 5.65 Å². The smallest absolute Gasteiger partial charge is 0.191 e. The van der Waals surface area contributed by atoms with Crippen LogP contribution in [0.1, 0.15) is 36.7 Å². The first-order valence-electron chi connectivity index (χ1n) is 10.7. The van der Waals surface area contributed by atoms with Crippen molar-refractivity contribution in [1.29, 1.82) is 0 Å². The van der Waals surface area contributed by atoms with Crippen molar-refractivity contribution in [3.63, 3.8) is 0 Å². The molecule has 0 saturated carbocycles. The van der Waals surface area contributed by atoms with E-state index in [-0.39, 0.29) is 0 Å². The highest BCUT2D eigenvalue weighted by molar-refractivity contribution is 5.79. The summed E-state index contributed by atoms with van der Waals surface area (Å²) in [6.07, 6.45) is 4.60. The molecule has 0 radical (unpaired) electrons. The maximum absolute atomic E-state index is 4.31. The second-order valence-corrected chi connectivity index (χ2v) is 8.10. The number of guanidine groups is 1. The summed E-state index contributed by atoms with van der Waals surface area (Å²) in [5.41, 5.74) is 3.47. The Bertz CT molecular complexity index is 969. The van der Waals surface area contributed by atoms with Crippen molar-refractivity contribution in [3.8, 4) is 0 Å². The number of rotatable bonds is 6. The zero-order valence-corrected chi connectivity index (χ0v) is 17.9. The van der Waals surface area contributed by atoms with E-state index in [0.29, 0.717) is 6.54 Å². The quantitative estimate of drug-likeness (QED) is 0.488. The van der Waals surface area contributed by atoms with Gasteiger partial charge in [-0.3, -0.25) is 14.3 Å². The molecule has 1 aliphatic heterocycles. The Kier molecular flexibility index (Phi) is 6.59. The lowest BCUT2D eigenvalue weighted by molar-refractivity contribution is 0.185. The first-order chi connectivity index (χ1) is 14.7. The second kappa shape index (κ2) is 9.71. The molecule has 0 bridgehead atoms. The average molecular weight is 406 g/mol. The van der Waals surface area contributed by atoms with E-state index < -0.39 is 0 Å². The van der Waals surface area contributed by atoms with Crippen molar-refractivity contribution in [2.24, 2.45) is 10.9 Å². The van der Waals surface area contributed by atoms with Crippen LogP contribution in [0.2, 0.25) is 0 Å². The standard InChI is InChI=1S/C23H31N7/c1-18-10-13-29(14-11-18)17-20-8-6-19(7-9-20)15-25-23(24-2)26-16-22-28-27-21-5-3-4-12-30(21)22/h3-9,12,18H,10-11,13-17H2,1-2H3,(H2,24,25,26). The van der Waals surface area contributed by atoms with Gasteiger partial charge in [-0.15, -0.1) is 10.2 Å². The third-order valence-electron chi connectivity index (χ3n) is 5.79. The Hall–Kier alpha value is -2.93. The van der Waals surface area contributed by atoms with Crippen molar-refractivity contribution in [2.75, 3.05) is 20.1 Å². The molecule has 0 amide bonds. The molecule has 158 valence electrons. The molecule has 1 aromatic carbocycles. The van der Waals surface area contributed by atoms with Gasteiger partial charge in [0.25, 0.3) is 0 Å². The fraction of sp³-hybridized carbons (Fsp3) is 0.435. The predicted molar refractivity (Wildman–Crippen MR) is 120 cm³/mol. The Morgan fingerprint density at radius 3 is 2.50 bits per heavy atom. The molecule has 1 fully saturated rings. The molecule has 1 saturated heterocycles. The largest absolute Gasteiger partial charge is 0.352 e. The zero-order valence-electron chi connectivity index (χ0n) is 17.9. The number of hydrogen-bond acceptors (Lipinski definition) is 4. The SMILES string of the molecule is CN=C(NCc1ccc(CN2CCC(C)CC2)cc1)NCc1nnc2ccccn12. The number of hydrogen-bond donors (Lipinski definition) is 2. The number of aromatic nitrogens is 3. The van der Waals surface area contributed by atoms with E-state index in [0.717, 1.165) is 36.4 Å². The number of benzene rings is 1. The summed E-state index contributed by atoms with van der Waals surface area (Å²) in [6.45, 7) is 7.12. The molecule has 30 heavy (non-hydrogen) atoms. The van der Waals surface area contributed by atoms with E-state index in [1.807, 2.05) is 28.8 Å². The maximum Gasteiger partial charge on any atom is 0.191 e. The first kappa shape index (κ1) is 20.3. The minimum Gasteiger partial charge on any atom is -0.352 e.